The van der Waals surface area contributed by atoms with Crippen LogP contribution in [-0.4, -0.2) is 49.1 Å². The third-order valence-electron chi connectivity index (χ3n) is 5.39. The van der Waals surface area contributed by atoms with Gasteiger partial charge in [-0.25, -0.2) is 4.79 Å². The molecule has 0 spiro atoms. The topological polar surface area (TPSA) is 103 Å². The highest BCUT2D eigenvalue weighted by Gasteiger charge is 2.34. The van der Waals surface area contributed by atoms with Crippen molar-refractivity contribution >= 4 is 43.6 Å². The zero-order valence-corrected chi connectivity index (χ0v) is 19.5. The minimum Gasteiger partial charge on any atom is -0.508 e. The molecule has 3 aromatic rings. The van der Waals surface area contributed by atoms with Gasteiger partial charge in [0.25, 0.3) is 0 Å². The molecule has 1 atom stereocenters. The summed E-state index contributed by atoms with van der Waals surface area (Å²) in [5.41, 5.74) is 1.84. The summed E-state index contributed by atoms with van der Waals surface area (Å²) in [6.45, 7) is 0.358. The molecule has 7 nitrogen and oxygen atoms in total. The van der Waals surface area contributed by atoms with Crippen LogP contribution in [0.1, 0.15) is 40.5 Å². The zero-order chi connectivity index (χ0) is 22.4. The Kier molecular flexibility index (Phi) is 5.85. The number of carbonyl (C=O) groups is 1. The maximum Gasteiger partial charge on any atom is 0.338 e. The van der Waals surface area contributed by atoms with Crippen LogP contribution in [0.5, 0.6) is 11.5 Å². The predicted octanol–water partition coefficient (Wildman–Crippen LogP) is 4.22. The summed E-state index contributed by atoms with van der Waals surface area (Å²) < 4.78 is 15.6. The van der Waals surface area contributed by atoms with Gasteiger partial charge in [-0.3, -0.25) is 4.21 Å². The molecule has 1 heterocycles. The molecule has 1 unspecified atom stereocenters. The summed E-state index contributed by atoms with van der Waals surface area (Å²) in [7, 11) is 2.20. The molecule has 0 bridgehead atoms. The number of phenolic OH excluding ortho intramolecular Hbond substituents is 2. The van der Waals surface area contributed by atoms with Crippen molar-refractivity contribution in [2.75, 3.05) is 14.1 Å². The van der Waals surface area contributed by atoms with Gasteiger partial charge in [-0.2, -0.15) is 0 Å². The first-order valence-corrected chi connectivity index (χ1v) is 11.9. The maximum atomic E-state index is 13.1. The number of hydrogen-bond acceptors (Lipinski definition) is 5. The Bertz CT molecular complexity index is 1200. The molecule has 0 amide bonds. The van der Waals surface area contributed by atoms with Crippen LogP contribution >= 0.6 is 15.9 Å². The highest BCUT2D eigenvalue weighted by molar-refractivity contribution is 9.10. The van der Waals surface area contributed by atoms with Crippen molar-refractivity contribution < 1.29 is 24.3 Å². The van der Waals surface area contributed by atoms with Gasteiger partial charge in [0.1, 0.15) is 11.5 Å². The van der Waals surface area contributed by atoms with Gasteiger partial charge in [0.05, 0.1) is 32.1 Å². The van der Waals surface area contributed by atoms with Gasteiger partial charge in [0.2, 0.25) is 0 Å². The van der Waals surface area contributed by atoms with E-state index in [-0.39, 0.29) is 28.9 Å². The minimum atomic E-state index is -1.50. The number of nitrogens with zero attached hydrogens (tertiary/aromatic N) is 2. The number of aromatic nitrogens is 1. The van der Waals surface area contributed by atoms with Crippen LogP contribution in [0.4, 0.5) is 0 Å². The number of carboxylic acids is 1. The lowest BCUT2D eigenvalue weighted by atomic mass is 10.0. The summed E-state index contributed by atoms with van der Waals surface area (Å²) in [4.78, 5) is 14.8. The van der Waals surface area contributed by atoms with Crippen molar-refractivity contribution in [2.24, 2.45) is 0 Å². The predicted molar refractivity (Wildman–Crippen MR) is 122 cm³/mol. The Labute approximate surface area is 190 Å². The molecule has 0 saturated heterocycles. The lowest BCUT2D eigenvalue weighted by Crippen LogP contribution is -2.12. The monoisotopic (exact) mass is 506 g/mol. The Hall–Kier alpha value is -2.36. The molecule has 1 saturated carbocycles. The standard InChI is InChI=1S/C22H23BrN2O5S/c1-24(2)10-15-19-17(9-16(23)21(15)27)25(12-3-4-12)18(20(19)22(28)29)11-31(30)14-7-5-13(26)6-8-14/h5-9,12,26-27H,3-4,10-11H2,1-2H3,(H,28,29). The first kappa shape index (κ1) is 21.9. The van der Waals surface area contributed by atoms with E-state index in [1.807, 2.05) is 23.6 Å². The normalized spacial score (nSPS) is 15.0. The lowest BCUT2D eigenvalue weighted by Gasteiger charge is -2.15. The fourth-order valence-electron chi connectivity index (χ4n) is 3.95. The third-order valence-corrected chi connectivity index (χ3v) is 7.33. The average Bonchev–Trinajstić information content (AvgIpc) is 3.48. The van der Waals surface area contributed by atoms with Crippen LogP contribution in [0.15, 0.2) is 39.7 Å². The molecule has 4 rings (SSSR count). The van der Waals surface area contributed by atoms with Gasteiger partial charge < -0.3 is 24.8 Å². The quantitative estimate of drug-likeness (QED) is 0.443. The molecule has 1 aliphatic rings. The Balaban J connectivity index is 1.96. The molecular formula is C22H23BrN2O5S. The van der Waals surface area contributed by atoms with E-state index < -0.39 is 16.8 Å². The molecule has 164 valence electrons. The molecule has 9 heteroatoms. The van der Waals surface area contributed by atoms with Crippen molar-refractivity contribution in [2.45, 2.75) is 36.1 Å². The molecular weight excluding hydrogens is 484 g/mol. The first-order valence-electron chi connectivity index (χ1n) is 9.81. The van der Waals surface area contributed by atoms with E-state index in [1.165, 1.54) is 12.1 Å². The Morgan fingerprint density at radius 3 is 2.42 bits per heavy atom. The number of fused-ring (bicyclic) bond motifs is 1. The van der Waals surface area contributed by atoms with Crippen molar-refractivity contribution in [3.05, 3.63) is 51.6 Å². The van der Waals surface area contributed by atoms with Crippen molar-refractivity contribution in [3.63, 3.8) is 0 Å². The van der Waals surface area contributed by atoms with Crippen molar-refractivity contribution in [1.29, 1.82) is 0 Å². The Morgan fingerprint density at radius 1 is 1.23 bits per heavy atom. The zero-order valence-electron chi connectivity index (χ0n) is 17.1. The summed E-state index contributed by atoms with van der Waals surface area (Å²) in [5, 5.41) is 30.9. The van der Waals surface area contributed by atoms with Crippen LogP contribution in [0.3, 0.4) is 0 Å². The molecule has 2 aromatic carbocycles. The second-order valence-electron chi connectivity index (χ2n) is 8.03. The minimum absolute atomic E-state index is 0.0165. The van der Waals surface area contributed by atoms with E-state index >= 15 is 0 Å². The number of rotatable bonds is 7. The van der Waals surface area contributed by atoms with Crippen LogP contribution in [0, 0.1) is 0 Å². The molecule has 1 aliphatic carbocycles. The fourth-order valence-corrected chi connectivity index (χ4v) is 5.55. The van der Waals surface area contributed by atoms with Crippen LogP contribution in [0.25, 0.3) is 10.9 Å². The molecule has 0 radical (unpaired) electrons. The number of hydrogen-bond donors (Lipinski definition) is 3. The Morgan fingerprint density at radius 2 is 1.87 bits per heavy atom. The summed E-state index contributed by atoms with van der Waals surface area (Å²) in [6.07, 6.45) is 1.84. The van der Waals surface area contributed by atoms with Crippen LogP contribution < -0.4 is 0 Å². The van der Waals surface area contributed by atoms with Crippen molar-refractivity contribution in [3.8, 4) is 11.5 Å². The third kappa shape index (κ3) is 4.09. The second kappa shape index (κ2) is 8.29. The fraction of sp³-hybridized carbons (Fsp3) is 0.318. The second-order valence-corrected chi connectivity index (χ2v) is 10.3. The molecule has 1 aromatic heterocycles. The summed E-state index contributed by atoms with van der Waals surface area (Å²) in [6, 6.07) is 7.98. The first-order chi connectivity index (χ1) is 14.7. The average molecular weight is 507 g/mol. The number of benzene rings is 2. The highest BCUT2D eigenvalue weighted by Crippen LogP contribution is 2.46. The summed E-state index contributed by atoms with van der Waals surface area (Å²) >= 11 is 3.41. The van der Waals surface area contributed by atoms with E-state index in [9.17, 15) is 24.3 Å². The van der Waals surface area contributed by atoms with Crippen LogP contribution in [0.2, 0.25) is 0 Å². The van der Waals surface area contributed by atoms with Crippen molar-refractivity contribution in [1.82, 2.24) is 9.47 Å². The molecule has 0 aliphatic heterocycles. The summed E-state index contributed by atoms with van der Waals surface area (Å²) in [5.74, 6) is -0.989. The van der Waals surface area contributed by atoms with Gasteiger partial charge in [-0.05, 0) is 73.2 Å². The van der Waals surface area contributed by atoms with E-state index in [4.69, 9.17) is 0 Å². The highest BCUT2D eigenvalue weighted by atomic mass is 79.9. The number of carboxylic acid groups (broad SMARTS) is 1. The van der Waals surface area contributed by atoms with Gasteiger partial charge >= 0.3 is 5.97 Å². The molecule has 1 fully saturated rings. The number of phenols is 2. The van der Waals surface area contributed by atoms with Gasteiger partial charge in [0, 0.05) is 34.1 Å². The largest absolute Gasteiger partial charge is 0.508 e. The number of aromatic carboxylic acids is 1. The number of halogens is 1. The maximum absolute atomic E-state index is 13.1. The van der Waals surface area contributed by atoms with Gasteiger partial charge in [-0.1, -0.05) is 0 Å². The van der Waals surface area contributed by atoms with E-state index in [2.05, 4.69) is 15.9 Å². The SMILES string of the molecule is CN(C)Cc1c(O)c(Br)cc2c1c(C(=O)O)c(CS(=O)c1ccc(O)cc1)n2C1CC1. The smallest absolute Gasteiger partial charge is 0.338 e. The lowest BCUT2D eigenvalue weighted by molar-refractivity contribution is 0.0697. The van der Waals surface area contributed by atoms with Gasteiger partial charge in [-0.15, -0.1) is 0 Å². The van der Waals surface area contributed by atoms with E-state index in [0.29, 0.717) is 32.6 Å². The number of aromatic hydroxyl groups is 2. The van der Waals surface area contributed by atoms with E-state index in [1.54, 1.807) is 18.2 Å². The van der Waals surface area contributed by atoms with E-state index in [0.717, 1.165) is 18.4 Å². The van der Waals surface area contributed by atoms with Crippen LogP contribution in [-0.2, 0) is 23.1 Å². The molecule has 3 N–H and O–H groups in total. The van der Waals surface area contributed by atoms with Gasteiger partial charge in [0.15, 0.2) is 0 Å². The molecule has 31 heavy (non-hydrogen) atoms.